The third-order valence-electron chi connectivity index (χ3n) is 4.16. The molecule has 118 valence electrons. The molecule has 2 nitrogen and oxygen atoms in total. The van der Waals surface area contributed by atoms with Crippen LogP contribution in [0.15, 0.2) is 29.3 Å². The van der Waals surface area contributed by atoms with Crippen molar-refractivity contribution in [2.75, 3.05) is 0 Å². The molecule has 0 saturated carbocycles. The fraction of sp³-hybridized carbons (Fsp3) is 0.333. The molecule has 5 heteroatoms. The van der Waals surface area contributed by atoms with Gasteiger partial charge in [-0.25, -0.2) is 9.97 Å². The molecule has 0 atom stereocenters. The van der Waals surface area contributed by atoms with Crippen molar-refractivity contribution in [1.29, 1.82) is 0 Å². The third kappa shape index (κ3) is 3.12. The summed E-state index contributed by atoms with van der Waals surface area (Å²) in [7, 11) is 0. The molecule has 23 heavy (non-hydrogen) atoms. The van der Waals surface area contributed by atoms with Crippen LogP contribution in [-0.4, -0.2) is 9.97 Å². The Balaban J connectivity index is 1.72. The number of rotatable bonds is 3. The first kappa shape index (κ1) is 15.4. The van der Waals surface area contributed by atoms with Gasteiger partial charge in [-0.1, -0.05) is 23.7 Å². The lowest BCUT2D eigenvalue weighted by Crippen LogP contribution is -1.99. The standard InChI is InChI=1S/C18H17ClN2S2/c1-11-20-17(22-10-12-5-4-6-13(19)9-12)16-14-7-2-3-8-15(14)23-18(16)21-11/h4-6,9H,2-3,7-8,10H2,1H3. The van der Waals surface area contributed by atoms with Crippen LogP contribution in [0.2, 0.25) is 5.02 Å². The van der Waals surface area contributed by atoms with Crippen LogP contribution in [0.3, 0.4) is 0 Å². The summed E-state index contributed by atoms with van der Waals surface area (Å²) < 4.78 is 0. The first-order valence-corrected chi connectivity index (χ1v) is 10.0. The van der Waals surface area contributed by atoms with Crippen molar-refractivity contribution in [3.05, 3.63) is 51.1 Å². The summed E-state index contributed by atoms with van der Waals surface area (Å²) >= 11 is 9.76. The molecule has 0 amide bonds. The molecule has 3 aromatic rings. The molecule has 1 aliphatic carbocycles. The molecule has 2 heterocycles. The topological polar surface area (TPSA) is 25.8 Å². The van der Waals surface area contributed by atoms with Crippen LogP contribution in [0.4, 0.5) is 0 Å². The fourth-order valence-electron chi connectivity index (χ4n) is 3.11. The zero-order valence-electron chi connectivity index (χ0n) is 12.9. The minimum Gasteiger partial charge on any atom is -0.226 e. The molecule has 1 aliphatic rings. The second kappa shape index (κ2) is 6.42. The Labute approximate surface area is 149 Å². The summed E-state index contributed by atoms with van der Waals surface area (Å²) in [6, 6.07) is 8.07. The molecule has 2 aromatic heterocycles. The minimum atomic E-state index is 0.792. The number of aromatic nitrogens is 2. The number of nitrogens with zero attached hydrogens (tertiary/aromatic N) is 2. The van der Waals surface area contributed by atoms with E-state index in [0.717, 1.165) is 26.5 Å². The lowest BCUT2D eigenvalue weighted by Gasteiger charge is -2.11. The maximum absolute atomic E-state index is 6.09. The van der Waals surface area contributed by atoms with E-state index >= 15 is 0 Å². The summed E-state index contributed by atoms with van der Waals surface area (Å²) in [4.78, 5) is 12.1. The van der Waals surface area contributed by atoms with Crippen LogP contribution in [0, 0.1) is 6.92 Å². The Morgan fingerprint density at radius 2 is 2.09 bits per heavy atom. The predicted molar refractivity (Wildman–Crippen MR) is 99.8 cm³/mol. The van der Waals surface area contributed by atoms with Gasteiger partial charge < -0.3 is 0 Å². The highest BCUT2D eigenvalue weighted by molar-refractivity contribution is 7.98. The van der Waals surface area contributed by atoms with E-state index < -0.39 is 0 Å². The number of thiophene rings is 1. The summed E-state index contributed by atoms with van der Waals surface area (Å²) in [5.74, 6) is 1.75. The van der Waals surface area contributed by atoms with Crippen molar-refractivity contribution in [2.45, 2.75) is 43.4 Å². The molecule has 0 spiro atoms. The highest BCUT2D eigenvalue weighted by Gasteiger charge is 2.20. The maximum atomic E-state index is 6.09. The van der Waals surface area contributed by atoms with Crippen molar-refractivity contribution >= 4 is 44.9 Å². The van der Waals surface area contributed by atoms with Crippen molar-refractivity contribution in [3.63, 3.8) is 0 Å². The Hall–Kier alpha value is -1.10. The summed E-state index contributed by atoms with van der Waals surface area (Å²) in [5, 5.41) is 3.23. The number of halogens is 1. The zero-order chi connectivity index (χ0) is 15.8. The van der Waals surface area contributed by atoms with Gasteiger partial charge in [0.2, 0.25) is 0 Å². The van der Waals surface area contributed by atoms with E-state index in [1.54, 1.807) is 11.8 Å². The highest BCUT2D eigenvalue weighted by Crippen LogP contribution is 2.40. The van der Waals surface area contributed by atoms with E-state index in [1.807, 2.05) is 36.5 Å². The zero-order valence-corrected chi connectivity index (χ0v) is 15.3. The molecule has 0 unspecified atom stereocenters. The van der Waals surface area contributed by atoms with Gasteiger partial charge in [0.25, 0.3) is 0 Å². The van der Waals surface area contributed by atoms with Gasteiger partial charge >= 0.3 is 0 Å². The van der Waals surface area contributed by atoms with E-state index in [9.17, 15) is 0 Å². The average Bonchev–Trinajstić information content (AvgIpc) is 2.90. The average molecular weight is 361 g/mol. The van der Waals surface area contributed by atoms with Crippen LogP contribution < -0.4 is 0 Å². The first-order valence-electron chi connectivity index (χ1n) is 7.87. The molecule has 1 aromatic carbocycles. The van der Waals surface area contributed by atoms with Crippen LogP contribution in [0.5, 0.6) is 0 Å². The number of thioether (sulfide) groups is 1. The lowest BCUT2D eigenvalue weighted by molar-refractivity contribution is 0.699. The Kier molecular flexibility index (Phi) is 4.31. The van der Waals surface area contributed by atoms with Gasteiger partial charge in [-0.2, -0.15) is 0 Å². The van der Waals surface area contributed by atoms with E-state index in [2.05, 4.69) is 11.1 Å². The summed E-state index contributed by atoms with van der Waals surface area (Å²) in [6.07, 6.45) is 4.96. The molecule has 0 fully saturated rings. The van der Waals surface area contributed by atoms with Crippen LogP contribution in [0.1, 0.15) is 34.7 Å². The third-order valence-corrected chi connectivity index (χ3v) is 6.63. The lowest BCUT2D eigenvalue weighted by atomic mass is 9.97. The number of benzene rings is 1. The quantitative estimate of drug-likeness (QED) is 0.434. The second-order valence-electron chi connectivity index (χ2n) is 5.89. The monoisotopic (exact) mass is 360 g/mol. The van der Waals surface area contributed by atoms with E-state index in [0.29, 0.717) is 0 Å². The van der Waals surface area contributed by atoms with Crippen LogP contribution >= 0.6 is 34.7 Å². The van der Waals surface area contributed by atoms with Gasteiger partial charge in [0.05, 0.1) is 0 Å². The summed E-state index contributed by atoms with van der Waals surface area (Å²) in [6.45, 7) is 1.99. The smallest absolute Gasteiger partial charge is 0.128 e. The second-order valence-corrected chi connectivity index (χ2v) is 8.37. The van der Waals surface area contributed by atoms with Crippen molar-refractivity contribution < 1.29 is 0 Å². The maximum Gasteiger partial charge on any atom is 0.128 e. The Morgan fingerprint density at radius 3 is 2.96 bits per heavy atom. The Bertz CT molecular complexity index is 873. The molecule has 0 N–H and O–H groups in total. The van der Waals surface area contributed by atoms with Crippen LogP contribution in [0.25, 0.3) is 10.2 Å². The van der Waals surface area contributed by atoms with Crippen molar-refractivity contribution in [1.82, 2.24) is 9.97 Å². The van der Waals surface area contributed by atoms with Gasteiger partial charge in [-0.15, -0.1) is 23.1 Å². The SMILES string of the molecule is Cc1nc(SCc2cccc(Cl)c2)c2c3c(sc2n1)CCCC3. The largest absolute Gasteiger partial charge is 0.226 e. The number of aryl methyl sites for hydroxylation is 3. The van der Waals surface area contributed by atoms with Gasteiger partial charge in [-0.05, 0) is 55.9 Å². The number of hydrogen-bond acceptors (Lipinski definition) is 4. The van der Waals surface area contributed by atoms with Gasteiger partial charge in [0, 0.05) is 21.0 Å². The molecule has 0 radical (unpaired) electrons. The molecule has 0 saturated heterocycles. The van der Waals surface area contributed by atoms with Gasteiger partial charge in [0.1, 0.15) is 15.7 Å². The van der Waals surface area contributed by atoms with Crippen molar-refractivity contribution in [3.8, 4) is 0 Å². The minimum absolute atomic E-state index is 0.792. The van der Waals surface area contributed by atoms with Gasteiger partial charge in [0.15, 0.2) is 0 Å². The number of hydrogen-bond donors (Lipinski definition) is 0. The first-order chi connectivity index (χ1) is 11.2. The van der Waals surface area contributed by atoms with Gasteiger partial charge in [-0.3, -0.25) is 0 Å². The van der Waals surface area contributed by atoms with E-state index in [4.69, 9.17) is 16.6 Å². The predicted octanol–water partition coefficient (Wildman–Crippen LogP) is 5.82. The highest BCUT2D eigenvalue weighted by atomic mass is 35.5. The molecule has 0 bridgehead atoms. The normalized spacial score (nSPS) is 14.2. The van der Waals surface area contributed by atoms with Crippen molar-refractivity contribution in [2.24, 2.45) is 0 Å². The molecule has 4 rings (SSSR count). The Morgan fingerprint density at radius 1 is 1.22 bits per heavy atom. The number of fused-ring (bicyclic) bond motifs is 3. The molecular formula is C18H17ClN2S2. The fourth-order valence-corrected chi connectivity index (χ4v) is 5.74. The molecule has 0 aliphatic heterocycles. The van der Waals surface area contributed by atoms with Crippen LogP contribution in [-0.2, 0) is 18.6 Å². The molecular weight excluding hydrogens is 344 g/mol. The summed E-state index contributed by atoms with van der Waals surface area (Å²) in [5.41, 5.74) is 2.74. The van der Waals surface area contributed by atoms with E-state index in [-0.39, 0.29) is 0 Å². The van der Waals surface area contributed by atoms with E-state index in [1.165, 1.54) is 47.1 Å².